The Kier molecular flexibility index (Phi) is 5.85. The minimum absolute atomic E-state index is 0.201. The van der Waals surface area contributed by atoms with Gasteiger partial charge in [-0.25, -0.2) is 0 Å². The van der Waals surface area contributed by atoms with Gasteiger partial charge in [0, 0.05) is 0 Å². The van der Waals surface area contributed by atoms with Crippen LogP contribution in [0.5, 0.6) is 5.75 Å². The summed E-state index contributed by atoms with van der Waals surface area (Å²) >= 11 is 0. The summed E-state index contributed by atoms with van der Waals surface area (Å²) in [6, 6.07) is 15.8. The van der Waals surface area contributed by atoms with Gasteiger partial charge in [-0.05, 0) is 34.0 Å². The molecule has 0 fully saturated rings. The molecular formula is C20H11F9O3S. The van der Waals surface area contributed by atoms with Gasteiger partial charge in [-0.2, -0.15) is 47.9 Å². The highest BCUT2D eigenvalue weighted by Gasteiger charge is 2.86. The molecule has 0 aliphatic rings. The molecule has 0 aliphatic carbocycles. The van der Waals surface area contributed by atoms with Gasteiger partial charge in [-0.15, -0.1) is 0 Å². The van der Waals surface area contributed by atoms with Gasteiger partial charge in [0.05, 0.1) is 0 Å². The van der Waals surface area contributed by atoms with E-state index in [2.05, 4.69) is 4.18 Å². The van der Waals surface area contributed by atoms with Crippen molar-refractivity contribution in [3.8, 4) is 16.9 Å². The maximum Gasteiger partial charge on any atom is 0.460 e. The summed E-state index contributed by atoms with van der Waals surface area (Å²) in [6.07, 6.45) is -7.16. The van der Waals surface area contributed by atoms with Crippen molar-refractivity contribution in [3.05, 3.63) is 66.7 Å². The van der Waals surface area contributed by atoms with E-state index in [1.54, 1.807) is 42.5 Å². The van der Waals surface area contributed by atoms with Crippen LogP contribution in [0.1, 0.15) is 0 Å². The fraction of sp³-hybridized carbons (Fsp3) is 0.200. The highest BCUT2D eigenvalue weighted by molar-refractivity contribution is 7.88. The smallest absolute Gasteiger partial charge is 0.378 e. The Labute approximate surface area is 180 Å². The van der Waals surface area contributed by atoms with Crippen LogP contribution in [0.2, 0.25) is 0 Å². The molecular weight excluding hydrogens is 491 g/mol. The number of alkyl halides is 9. The summed E-state index contributed by atoms with van der Waals surface area (Å²) in [7, 11) is -7.02. The van der Waals surface area contributed by atoms with Crippen molar-refractivity contribution in [2.75, 3.05) is 0 Å². The van der Waals surface area contributed by atoms with Crippen molar-refractivity contribution in [1.29, 1.82) is 0 Å². The van der Waals surface area contributed by atoms with E-state index in [0.29, 0.717) is 16.5 Å². The van der Waals surface area contributed by atoms with Gasteiger partial charge in [0.2, 0.25) is 0 Å². The van der Waals surface area contributed by atoms with Crippen LogP contribution in [0.4, 0.5) is 39.5 Å². The fourth-order valence-electron chi connectivity index (χ4n) is 2.87. The van der Waals surface area contributed by atoms with Crippen LogP contribution in [0.3, 0.4) is 0 Å². The van der Waals surface area contributed by atoms with Gasteiger partial charge in [0.15, 0.2) is 0 Å². The van der Waals surface area contributed by atoms with Crippen LogP contribution in [0, 0.1) is 0 Å². The highest BCUT2D eigenvalue weighted by Crippen LogP contribution is 2.55. The summed E-state index contributed by atoms with van der Waals surface area (Å²) in [5, 5.41) is -6.30. The Bertz CT molecular complexity index is 1270. The highest BCUT2D eigenvalue weighted by atomic mass is 32.2. The zero-order valence-corrected chi connectivity index (χ0v) is 16.7. The van der Waals surface area contributed by atoms with Crippen LogP contribution in [-0.4, -0.2) is 31.7 Å². The zero-order valence-electron chi connectivity index (χ0n) is 15.9. The second-order valence-corrected chi connectivity index (χ2v) is 8.34. The summed E-state index contributed by atoms with van der Waals surface area (Å²) < 4.78 is 145. The lowest BCUT2D eigenvalue weighted by molar-refractivity contribution is -0.382. The van der Waals surface area contributed by atoms with Gasteiger partial charge in [0.25, 0.3) is 0 Å². The molecule has 3 nitrogen and oxygen atoms in total. The monoisotopic (exact) mass is 502 g/mol. The fourth-order valence-corrected chi connectivity index (χ4v) is 3.77. The molecule has 3 aromatic rings. The standard InChI is InChI=1S/C20H11F9O3S/c21-17(22,19(25,26)27)18(23,24)20(28,29)33(30,31)32-14-10-9-13-7-4-8-15(16(13)11-14)12-5-2-1-3-6-12/h1-11H. The Morgan fingerprint density at radius 2 is 1.27 bits per heavy atom. The third-order valence-electron chi connectivity index (χ3n) is 4.57. The van der Waals surface area contributed by atoms with Crippen LogP contribution in [0.25, 0.3) is 21.9 Å². The van der Waals surface area contributed by atoms with E-state index in [0.717, 1.165) is 18.2 Å². The molecule has 0 spiro atoms. The number of rotatable bonds is 6. The summed E-state index contributed by atoms with van der Waals surface area (Å²) in [6.45, 7) is 0. The summed E-state index contributed by atoms with van der Waals surface area (Å²) in [5.41, 5.74) is 1.03. The van der Waals surface area contributed by atoms with E-state index in [9.17, 15) is 47.9 Å². The van der Waals surface area contributed by atoms with Crippen molar-refractivity contribution in [2.45, 2.75) is 23.3 Å². The molecule has 0 saturated carbocycles. The van der Waals surface area contributed by atoms with Crippen molar-refractivity contribution >= 4 is 20.9 Å². The number of benzene rings is 3. The van der Waals surface area contributed by atoms with Crippen molar-refractivity contribution in [2.24, 2.45) is 0 Å². The quantitative estimate of drug-likeness (QED) is 0.280. The molecule has 0 heterocycles. The Balaban J connectivity index is 2.06. The minimum Gasteiger partial charge on any atom is -0.378 e. The molecule has 33 heavy (non-hydrogen) atoms. The molecule has 3 rings (SSSR count). The summed E-state index contributed by atoms with van der Waals surface area (Å²) in [4.78, 5) is 0. The molecule has 0 saturated heterocycles. The molecule has 0 aromatic heterocycles. The van der Waals surface area contributed by atoms with E-state index in [4.69, 9.17) is 0 Å². The molecule has 0 radical (unpaired) electrons. The molecule has 178 valence electrons. The first kappa shape index (κ1) is 24.7. The largest absolute Gasteiger partial charge is 0.460 e. The van der Waals surface area contributed by atoms with Crippen LogP contribution in [0.15, 0.2) is 66.7 Å². The van der Waals surface area contributed by atoms with Crippen LogP contribution >= 0.6 is 0 Å². The van der Waals surface area contributed by atoms with E-state index in [1.165, 1.54) is 6.07 Å². The number of halogens is 9. The number of hydrogen-bond acceptors (Lipinski definition) is 3. The molecule has 0 N–H and O–H groups in total. The molecule has 0 atom stereocenters. The van der Waals surface area contributed by atoms with Crippen molar-refractivity contribution in [1.82, 2.24) is 0 Å². The maximum atomic E-state index is 13.9. The summed E-state index contributed by atoms with van der Waals surface area (Å²) in [5.74, 6) is -15.7. The third kappa shape index (κ3) is 3.98. The Morgan fingerprint density at radius 3 is 1.85 bits per heavy atom. The number of hydrogen-bond donors (Lipinski definition) is 0. The van der Waals surface area contributed by atoms with Crippen LogP contribution < -0.4 is 4.18 Å². The topological polar surface area (TPSA) is 43.4 Å². The Morgan fingerprint density at radius 1 is 0.667 bits per heavy atom. The van der Waals surface area contributed by atoms with Crippen molar-refractivity contribution < 1.29 is 52.1 Å². The SMILES string of the molecule is O=S(=O)(Oc1ccc2cccc(-c3ccccc3)c2c1)C(F)(F)C(F)(F)C(F)(F)C(F)(F)F. The molecule has 3 aromatic carbocycles. The first-order valence-electron chi connectivity index (χ1n) is 8.75. The van der Waals surface area contributed by atoms with E-state index in [1.807, 2.05) is 0 Å². The third-order valence-corrected chi connectivity index (χ3v) is 5.87. The predicted molar refractivity (Wildman–Crippen MR) is 99.8 cm³/mol. The normalized spacial score (nSPS) is 13.8. The van der Waals surface area contributed by atoms with Crippen molar-refractivity contribution in [3.63, 3.8) is 0 Å². The van der Waals surface area contributed by atoms with E-state index < -0.39 is 39.1 Å². The second-order valence-electron chi connectivity index (χ2n) is 6.76. The molecule has 13 heteroatoms. The molecule has 0 bridgehead atoms. The van der Waals surface area contributed by atoms with Gasteiger partial charge < -0.3 is 4.18 Å². The van der Waals surface area contributed by atoms with E-state index >= 15 is 0 Å². The first-order valence-corrected chi connectivity index (χ1v) is 10.2. The predicted octanol–water partition coefficient (Wildman–Crippen LogP) is 6.64. The van der Waals surface area contributed by atoms with Gasteiger partial charge in [-0.3, -0.25) is 0 Å². The van der Waals surface area contributed by atoms with Gasteiger partial charge >= 0.3 is 33.4 Å². The maximum absolute atomic E-state index is 13.9. The zero-order chi connectivity index (χ0) is 24.9. The average molecular weight is 502 g/mol. The lowest BCUT2D eigenvalue weighted by atomic mass is 9.98. The van der Waals surface area contributed by atoms with Crippen LogP contribution in [-0.2, 0) is 10.1 Å². The van der Waals surface area contributed by atoms with E-state index in [-0.39, 0.29) is 5.39 Å². The number of fused-ring (bicyclic) bond motifs is 1. The second kappa shape index (κ2) is 7.82. The lowest BCUT2D eigenvalue weighted by Crippen LogP contribution is -2.63. The van der Waals surface area contributed by atoms with Gasteiger partial charge in [-0.1, -0.05) is 54.6 Å². The lowest BCUT2D eigenvalue weighted by Gasteiger charge is -2.32. The minimum atomic E-state index is -7.37. The molecule has 0 aliphatic heterocycles. The average Bonchev–Trinajstić information content (AvgIpc) is 2.72. The molecule has 0 amide bonds. The Hall–Kier alpha value is -2.96. The molecule has 0 unspecified atom stereocenters. The van der Waals surface area contributed by atoms with Gasteiger partial charge in [0.1, 0.15) is 5.75 Å². The first-order chi connectivity index (χ1) is 15.0.